The highest BCUT2D eigenvalue weighted by molar-refractivity contribution is 7.89. The van der Waals surface area contributed by atoms with Crippen LogP contribution in [0.2, 0.25) is 0 Å². The number of sulfonamides is 1. The number of methoxy groups -OCH3 is 2. The lowest BCUT2D eigenvalue weighted by atomic mass is 10.2. The van der Waals surface area contributed by atoms with Crippen LogP contribution in [0.15, 0.2) is 42.5 Å². The zero-order chi connectivity index (χ0) is 23.1. The van der Waals surface area contributed by atoms with Crippen LogP contribution in [-0.2, 0) is 10.0 Å². The largest absolute Gasteiger partial charge is 0.497 e. The van der Waals surface area contributed by atoms with Gasteiger partial charge in [0.25, 0.3) is 5.91 Å². The van der Waals surface area contributed by atoms with Crippen molar-refractivity contribution < 1.29 is 22.7 Å². The second kappa shape index (κ2) is 10.7. The first-order chi connectivity index (χ1) is 15.3. The van der Waals surface area contributed by atoms with Crippen molar-refractivity contribution in [2.24, 2.45) is 0 Å². The third-order valence-electron chi connectivity index (χ3n) is 5.48. The van der Waals surface area contributed by atoms with Crippen LogP contribution in [0, 0.1) is 6.92 Å². The Hall–Kier alpha value is -2.78. The maximum atomic E-state index is 12.7. The Morgan fingerprint density at radius 2 is 1.66 bits per heavy atom. The number of hydrogen-bond acceptors (Lipinski definition) is 6. The summed E-state index contributed by atoms with van der Waals surface area (Å²) in [4.78, 5) is 14.6. The molecule has 0 atom stereocenters. The van der Waals surface area contributed by atoms with E-state index in [9.17, 15) is 13.2 Å². The van der Waals surface area contributed by atoms with E-state index in [1.165, 1.54) is 19.8 Å². The normalized spacial score (nSPS) is 14.8. The van der Waals surface area contributed by atoms with Crippen LogP contribution < -0.4 is 19.7 Å². The van der Waals surface area contributed by atoms with Crippen molar-refractivity contribution in [1.29, 1.82) is 0 Å². The number of benzene rings is 2. The summed E-state index contributed by atoms with van der Waals surface area (Å²) in [7, 11) is -0.334. The zero-order valence-electron chi connectivity index (χ0n) is 18.8. The maximum absolute atomic E-state index is 12.7. The molecule has 0 bridgehead atoms. The lowest BCUT2D eigenvalue weighted by molar-refractivity contribution is 0.0953. The number of aryl methyl sites for hydroxylation is 1. The number of carbonyl (C=O) groups is 1. The number of ether oxygens (including phenoxy) is 2. The average Bonchev–Trinajstić information content (AvgIpc) is 2.81. The van der Waals surface area contributed by atoms with Gasteiger partial charge in [0.15, 0.2) is 0 Å². The molecule has 9 heteroatoms. The predicted octanol–water partition coefficient (Wildman–Crippen LogP) is 2.28. The molecule has 1 amide bonds. The minimum Gasteiger partial charge on any atom is -0.497 e. The molecule has 32 heavy (non-hydrogen) atoms. The molecule has 0 saturated carbocycles. The zero-order valence-corrected chi connectivity index (χ0v) is 19.7. The monoisotopic (exact) mass is 461 g/mol. The molecule has 1 aliphatic heterocycles. The van der Waals surface area contributed by atoms with Crippen LogP contribution in [0.25, 0.3) is 0 Å². The van der Waals surface area contributed by atoms with Gasteiger partial charge in [-0.3, -0.25) is 4.79 Å². The van der Waals surface area contributed by atoms with Gasteiger partial charge in [-0.25, -0.2) is 8.42 Å². The van der Waals surface area contributed by atoms with Gasteiger partial charge in [-0.1, -0.05) is 12.1 Å². The number of hydrogen-bond donors (Lipinski definition) is 1. The number of anilines is 1. The molecular formula is C23H31N3O5S. The van der Waals surface area contributed by atoms with Gasteiger partial charge >= 0.3 is 0 Å². The van der Waals surface area contributed by atoms with E-state index in [4.69, 9.17) is 9.47 Å². The molecule has 2 aromatic rings. The average molecular weight is 462 g/mol. The van der Waals surface area contributed by atoms with Gasteiger partial charge < -0.3 is 19.7 Å². The van der Waals surface area contributed by atoms with Crippen LogP contribution in [0.3, 0.4) is 0 Å². The first-order valence-electron chi connectivity index (χ1n) is 10.6. The van der Waals surface area contributed by atoms with E-state index >= 15 is 0 Å². The number of rotatable bonds is 9. The number of carbonyl (C=O) groups excluding carboxylic acids is 1. The molecule has 174 valence electrons. The summed E-state index contributed by atoms with van der Waals surface area (Å²) in [6, 6.07) is 13.1. The van der Waals surface area contributed by atoms with Crippen molar-refractivity contribution in [1.82, 2.24) is 9.62 Å². The quantitative estimate of drug-likeness (QED) is 0.577. The number of piperazine rings is 1. The molecule has 1 N–H and O–H groups in total. The summed E-state index contributed by atoms with van der Waals surface area (Å²) in [6.07, 6.45) is 0.341. The Morgan fingerprint density at radius 3 is 2.25 bits per heavy atom. The third kappa shape index (κ3) is 6.14. The standard InChI is InChI=1S/C23H31N3O5S/c1-18-6-4-7-20(14-18)25-9-11-26(12-10-25)32(28,29)13-5-8-24-23(27)19-15-21(30-2)17-22(16-19)31-3/h4,6-7,14-17H,5,8-13H2,1-3H3,(H,24,27). The van der Waals surface area contributed by atoms with Crippen LogP contribution in [0.5, 0.6) is 11.5 Å². The van der Waals surface area contributed by atoms with Gasteiger partial charge in [0.05, 0.1) is 20.0 Å². The van der Waals surface area contributed by atoms with Gasteiger partial charge in [-0.15, -0.1) is 0 Å². The molecule has 8 nitrogen and oxygen atoms in total. The topological polar surface area (TPSA) is 88.2 Å². The van der Waals surface area contributed by atoms with E-state index in [1.54, 1.807) is 22.5 Å². The van der Waals surface area contributed by atoms with Gasteiger partial charge in [-0.05, 0) is 43.2 Å². The first kappa shape index (κ1) is 23.9. The third-order valence-corrected chi connectivity index (χ3v) is 7.43. The van der Waals surface area contributed by atoms with E-state index < -0.39 is 10.0 Å². The molecule has 0 aliphatic carbocycles. The Bertz CT molecular complexity index is 1010. The van der Waals surface area contributed by atoms with Crippen molar-refractivity contribution in [2.75, 3.05) is 57.6 Å². The molecule has 0 radical (unpaired) electrons. The van der Waals surface area contributed by atoms with E-state index in [-0.39, 0.29) is 18.2 Å². The highest BCUT2D eigenvalue weighted by atomic mass is 32.2. The van der Waals surface area contributed by atoms with Crippen LogP contribution >= 0.6 is 0 Å². The number of nitrogens with zero attached hydrogens (tertiary/aromatic N) is 2. The number of nitrogens with one attached hydrogen (secondary N) is 1. The van der Waals surface area contributed by atoms with E-state index in [2.05, 4.69) is 22.3 Å². The maximum Gasteiger partial charge on any atom is 0.251 e. The molecular weight excluding hydrogens is 430 g/mol. The summed E-state index contributed by atoms with van der Waals surface area (Å²) in [5.41, 5.74) is 2.71. The second-order valence-corrected chi connectivity index (χ2v) is 9.84. The molecule has 0 unspecified atom stereocenters. The highest BCUT2D eigenvalue weighted by Gasteiger charge is 2.26. The van der Waals surface area contributed by atoms with E-state index in [0.29, 0.717) is 49.7 Å². The minimum absolute atomic E-state index is 0.000836. The van der Waals surface area contributed by atoms with Crippen molar-refractivity contribution in [3.8, 4) is 11.5 Å². The van der Waals surface area contributed by atoms with Crippen LogP contribution in [0.4, 0.5) is 5.69 Å². The summed E-state index contributed by atoms with van der Waals surface area (Å²) < 4.78 is 37.4. The smallest absolute Gasteiger partial charge is 0.251 e. The molecule has 2 aromatic carbocycles. The van der Waals surface area contributed by atoms with Gasteiger partial charge in [-0.2, -0.15) is 4.31 Å². The molecule has 1 aliphatic rings. The van der Waals surface area contributed by atoms with E-state index in [1.807, 2.05) is 19.1 Å². The molecule has 0 aromatic heterocycles. The van der Waals surface area contributed by atoms with E-state index in [0.717, 1.165) is 5.69 Å². The SMILES string of the molecule is COc1cc(OC)cc(C(=O)NCCCS(=O)(=O)N2CCN(c3cccc(C)c3)CC2)c1. The Kier molecular flexibility index (Phi) is 7.98. The molecule has 3 rings (SSSR count). The van der Waals surface area contributed by atoms with Gasteiger partial charge in [0, 0.05) is 50.0 Å². The lowest BCUT2D eigenvalue weighted by Crippen LogP contribution is -2.49. The Balaban J connectivity index is 1.46. The fourth-order valence-corrected chi connectivity index (χ4v) is 5.16. The summed E-state index contributed by atoms with van der Waals surface area (Å²) >= 11 is 0. The number of amides is 1. The Morgan fingerprint density at radius 1 is 1.00 bits per heavy atom. The summed E-state index contributed by atoms with van der Waals surface area (Å²) in [5, 5.41) is 2.77. The van der Waals surface area contributed by atoms with Crippen molar-refractivity contribution in [3.05, 3.63) is 53.6 Å². The molecule has 0 spiro atoms. The fraction of sp³-hybridized carbons (Fsp3) is 0.435. The molecule has 1 fully saturated rings. The predicted molar refractivity (Wildman–Crippen MR) is 125 cm³/mol. The van der Waals surface area contributed by atoms with Crippen LogP contribution in [-0.4, -0.2) is 71.3 Å². The Labute approximate surface area is 190 Å². The summed E-state index contributed by atoms with van der Waals surface area (Å²) in [6.45, 7) is 4.57. The van der Waals surface area contributed by atoms with Crippen molar-refractivity contribution >= 4 is 21.6 Å². The van der Waals surface area contributed by atoms with Crippen molar-refractivity contribution in [2.45, 2.75) is 13.3 Å². The molecule has 1 heterocycles. The minimum atomic E-state index is -3.37. The van der Waals surface area contributed by atoms with Crippen molar-refractivity contribution in [3.63, 3.8) is 0 Å². The fourth-order valence-electron chi connectivity index (χ4n) is 3.68. The summed E-state index contributed by atoms with van der Waals surface area (Å²) in [5.74, 6) is 0.731. The molecule has 1 saturated heterocycles. The van der Waals surface area contributed by atoms with Gasteiger partial charge in [0.1, 0.15) is 11.5 Å². The van der Waals surface area contributed by atoms with Crippen LogP contribution in [0.1, 0.15) is 22.3 Å². The van der Waals surface area contributed by atoms with Gasteiger partial charge in [0.2, 0.25) is 10.0 Å². The second-order valence-electron chi connectivity index (χ2n) is 7.75. The highest BCUT2D eigenvalue weighted by Crippen LogP contribution is 2.22. The lowest BCUT2D eigenvalue weighted by Gasteiger charge is -2.35. The first-order valence-corrected chi connectivity index (χ1v) is 12.2.